The van der Waals surface area contributed by atoms with Crippen molar-refractivity contribution in [2.24, 2.45) is 0 Å². The van der Waals surface area contributed by atoms with Crippen LogP contribution in [0.1, 0.15) is 31.9 Å². The summed E-state index contributed by atoms with van der Waals surface area (Å²) in [7, 11) is 0. The third-order valence-electron chi connectivity index (χ3n) is 3.02. The van der Waals surface area contributed by atoms with E-state index in [1.807, 2.05) is 0 Å². The van der Waals surface area contributed by atoms with Crippen molar-refractivity contribution in [3.63, 3.8) is 0 Å². The summed E-state index contributed by atoms with van der Waals surface area (Å²) in [5.74, 6) is 0. The molecule has 114 valence electrons. The zero-order chi connectivity index (χ0) is 15.2. The van der Waals surface area contributed by atoms with Gasteiger partial charge in [0.25, 0.3) is 0 Å². The van der Waals surface area contributed by atoms with Crippen LogP contribution in [0, 0.1) is 0 Å². The van der Waals surface area contributed by atoms with E-state index in [-0.39, 0.29) is 0 Å². The molecule has 0 saturated carbocycles. The van der Waals surface area contributed by atoms with Crippen LogP contribution in [0.2, 0.25) is 0 Å². The van der Waals surface area contributed by atoms with Crippen molar-refractivity contribution < 1.29 is 13.2 Å². The van der Waals surface area contributed by atoms with Gasteiger partial charge in [0.05, 0.1) is 5.56 Å². The topological polar surface area (TPSA) is 24.1 Å². The predicted molar refractivity (Wildman–Crippen MR) is 75.8 cm³/mol. The van der Waals surface area contributed by atoms with E-state index in [1.165, 1.54) is 0 Å². The van der Waals surface area contributed by atoms with Gasteiger partial charge in [-0.05, 0) is 37.6 Å². The molecular weight excluding hydrogens is 265 g/mol. The summed E-state index contributed by atoms with van der Waals surface area (Å²) in [6, 6.07) is 6.15. The molecule has 2 nitrogen and oxygen atoms in total. The quantitative estimate of drug-likeness (QED) is 0.805. The molecule has 0 fully saturated rings. The highest BCUT2D eigenvalue weighted by Crippen LogP contribution is 2.29. The lowest BCUT2D eigenvalue weighted by Crippen LogP contribution is -2.39. The molecule has 0 heterocycles. The summed E-state index contributed by atoms with van der Waals surface area (Å²) >= 11 is 0. The molecule has 0 aliphatic heterocycles. The Kier molecular flexibility index (Phi) is 6.49. The Morgan fingerprint density at radius 1 is 1.00 bits per heavy atom. The lowest BCUT2D eigenvalue weighted by Gasteiger charge is -2.16. The fraction of sp³-hybridized carbons (Fsp3) is 0.600. The molecule has 1 aromatic rings. The van der Waals surface area contributed by atoms with Crippen molar-refractivity contribution in [3.05, 3.63) is 35.4 Å². The molecule has 0 bridgehead atoms. The molecule has 0 aliphatic rings. The first kappa shape index (κ1) is 17.0. The molecule has 1 rings (SSSR count). The zero-order valence-corrected chi connectivity index (χ0v) is 12.2. The summed E-state index contributed by atoms with van der Waals surface area (Å²) < 4.78 is 37.2. The van der Waals surface area contributed by atoms with Crippen LogP contribution in [0.5, 0.6) is 0 Å². The standard InChI is InChI=1S/C15H23F3N2/c1-11(2)20-10-12(3)19-9-8-13-4-6-14(7-5-13)15(16,17)18/h4-7,11-12,19-20H,8-10H2,1-3H3. The predicted octanol–water partition coefficient (Wildman–Crippen LogP) is 3.22. The van der Waals surface area contributed by atoms with Crippen LogP contribution in [0.15, 0.2) is 24.3 Å². The van der Waals surface area contributed by atoms with Gasteiger partial charge in [0, 0.05) is 18.6 Å². The summed E-state index contributed by atoms with van der Waals surface area (Å²) in [4.78, 5) is 0. The lowest BCUT2D eigenvalue weighted by molar-refractivity contribution is -0.137. The van der Waals surface area contributed by atoms with E-state index in [1.54, 1.807) is 12.1 Å². The Hall–Kier alpha value is -1.07. The largest absolute Gasteiger partial charge is 0.416 e. The second-order valence-electron chi connectivity index (χ2n) is 5.36. The maximum atomic E-state index is 12.4. The molecular formula is C15H23F3N2. The number of benzene rings is 1. The highest BCUT2D eigenvalue weighted by atomic mass is 19.4. The van der Waals surface area contributed by atoms with Crippen LogP contribution in [-0.2, 0) is 12.6 Å². The molecule has 5 heteroatoms. The maximum Gasteiger partial charge on any atom is 0.416 e. The highest BCUT2D eigenvalue weighted by molar-refractivity contribution is 5.24. The Morgan fingerprint density at radius 2 is 1.60 bits per heavy atom. The second kappa shape index (κ2) is 7.64. The van der Waals surface area contributed by atoms with E-state index in [9.17, 15) is 13.2 Å². The Morgan fingerprint density at radius 3 is 2.10 bits per heavy atom. The second-order valence-corrected chi connectivity index (χ2v) is 5.36. The van der Waals surface area contributed by atoms with Gasteiger partial charge in [-0.25, -0.2) is 0 Å². The first-order valence-corrected chi connectivity index (χ1v) is 6.92. The average Bonchev–Trinajstić information content (AvgIpc) is 2.36. The van der Waals surface area contributed by atoms with Crippen molar-refractivity contribution in [1.29, 1.82) is 0 Å². The number of hydrogen-bond donors (Lipinski definition) is 2. The van der Waals surface area contributed by atoms with Gasteiger partial charge < -0.3 is 10.6 Å². The minimum atomic E-state index is -4.26. The van der Waals surface area contributed by atoms with Crippen LogP contribution < -0.4 is 10.6 Å². The summed E-state index contributed by atoms with van der Waals surface area (Å²) in [5.41, 5.74) is 0.318. The number of hydrogen-bond acceptors (Lipinski definition) is 2. The maximum absolute atomic E-state index is 12.4. The smallest absolute Gasteiger partial charge is 0.313 e. The average molecular weight is 288 g/mol. The van der Waals surface area contributed by atoms with Gasteiger partial charge in [-0.1, -0.05) is 26.0 Å². The fourth-order valence-electron chi connectivity index (χ4n) is 1.81. The molecule has 0 spiro atoms. The molecule has 1 aromatic carbocycles. The van der Waals surface area contributed by atoms with Crippen LogP contribution in [0.3, 0.4) is 0 Å². The fourth-order valence-corrected chi connectivity index (χ4v) is 1.81. The lowest BCUT2D eigenvalue weighted by atomic mass is 10.1. The number of alkyl halides is 3. The minimum Gasteiger partial charge on any atom is -0.313 e. The molecule has 0 amide bonds. The Labute approximate surface area is 118 Å². The molecule has 2 N–H and O–H groups in total. The number of nitrogens with one attached hydrogen (secondary N) is 2. The third-order valence-corrected chi connectivity index (χ3v) is 3.02. The normalized spacial score (nSPS) is 13.8. The van der Waals surface area contributed by atoms with Gasteiger partial charge in [-0.15, -0.1) is 0 Å². The molecule has 20 heavy (non-hydrogen) atoms. The zero-order valence-electron chi connectivity index (χ0n) is 12.2. The van der Waals surface area contributed by atoms with Gasteiger partial charge >= 0.3 is 6.18 Å². The van der Waals surface area contributed by atoms with Gasteiger partial charge in [0.1, 0.15) is 0 Å². The Balaban J connectivity index is 2.32. The van der Waals surface area contributed by atoms with Crippen LogP contribution in [0.4, 0.5) is 13.2 Å². The number of rotatable bonds is 7. The van der Waals surface area contributed by atoms with Crippen LogP contribution in [0.25, 0.3) is 0 Å². The van der Waals surface area contributed by atoms with Gasteiger partial charge in [0.2, 0.25) is 0 Å². The molecule has 0 aromatic heterocycles. The summed E-state index contributed by atoms with van der Waals surface area (Å²) in [6.45, 7) is 7.91. The monoisotopic (exact) mass is 288 g/mol. The van der Waals surface area contributed by atoms with E-state index < -0.39 is 11.7 Å². The van der Waals surface area contributed by atoms with Gasteiger partial charge in [0.15, 0.2) is 0 Å². The van der Waals surface area contributed by atoms with Crippen LogP contribution in [-0.4, -0.2) is 25.2 Å². The van der Waals surface area contributed by atoms with Crippen molar-refractivity contribution in [1.82, 2.24) is 10.6 Å². The SMILES string of the molecule is CC(C)NCC(C)NCCc1ccc(C(F)(F)F)cc1. The van der Waals surface area contributed by atoms with E-state index in [4.69, 9.17) is 0 Å². The highest BCUT2D eigenvalue weighted by Gasteiger charge is 2.29. The van der Waals surface area contributed by atoms with E-state index in [0.717, 1.165) is 37.2 Å². The summed E-state index contributed by atoms with van der Waals surface area (Å²) in [5, 5.41) is 6.68. The molecule has 0 radical (unpaired) electrons. The first-order chi connectivity index (χ1) is 9.29. The van der Waals surface area contributed by atoms with Crippen molar-refractivity contribution in [2.75, 3.05) is 13.1 Å². The van der Waals surface area contributed by atoms with Crippen molar-refractivity contribution in [2.45, 2.75) is 45.5 Å². The minimum absolute atomic E-state index is 0.340. The molecule has 1 atom stereocenters. The first-order valence-electron chi connectivity index (χ1n) is 6.92. The van der Waals surface area contributed by atoms with E-state index in [0.29, 0.717) is 12.1 Å². The summed E-state index contributed by atoms with van der Waals surface area (Å²) in [6.07, 6.45) is -3.53. The Bertz CT molecular complexity index is 385. The van der Waals surface area contributed by atoms with Gasteiger partial charge in [-0.2, -0.15) is 13.2 Å². The third kappa shape index (κ3) is 6.39. The molecule has 1 unspecified atom stereocenters. The van der Waals surface area contributed by atoms with Gasteiger partial charge in [-0.3, -0.25) is 0 Å². The molecule has 0 aliphatic carbocycles. The van der Waals surface area contributed by atoms with Crippen LogP contribution >= 0.6 is 0 Å². The van der Waals surface area contributed by atoms with E-state index in [2.05, 4.69) is 31.4 Å². The van der Waals surface area contributed by atoms with E-state index >= 15 is 0 Å². The molecule has 0 saturated heterocycles. The van der Waals surface area contributed by atoms with Crippen molar-refractivity contribution in [3.8, 4) is 0 Å². The number of halogens is 3. The van der Waals surface area contributed by atoms with Crippen molar-refractivity contribution >= 4 is 0 Å².